The molecule has 2 rings (SSSR count). The fraction of sp³-hybridized carbons (Fsp3) is 0.588. The second-order valence-electron chi connectivity index (χ2n) is 5.48. The van der Waals surface area contributed by atoms with Crippen LogP contribution in [0.1, 0.15) is 49.4 Å². The molecule has 1 aliphatic heterocycles. The molecule has 0 N–H and O–H groups in total. The lowest BCUT2D eigenvalue weighted by Crippen LogP contribution is -2.40. The summed E-state index contributed by atoms with van der Waals surface area (Å²) in [5, 5.41) is 0. The van der Waals surface area contributed by atoms with Crippen molar-refractivity contribution in [3.05, 3.63) is 35.9 Å². The van der Waals surface area contributed by atoms with Crippen molar-refractivity contribution < 1.29 is 9.53 Å². The third-order valence-corrected chi connectivity index (χ3v) is 3.95. The summed E-state index contributed by atoms with van der Waals surface area (Å²) in [6.45, 7) is 5.11. The minimum absolute atomic E-state index is 0.205. The zero-order chi connectivity index (χ0) is 14.2. The van der Waals surface area contributed by atoms with Gasteiger partial charge in [0.1, 0.15) is 0 Å². The number of carbonyl (C=O) groups excluding carboxylic acids is 1. The molecule has 1 unspecified atom stereocenters. The maximum atomic E-state index is 11.9. The molecule has 1 atom stereocenters. The molecular formula is C17H25NO2. The van der Waals surface area contributed by atoms with Gasteiger partial charge in [0.05, 0.1) is 12.2 Å². The van der Waals surface area contributed by atoms with Gasteiger partial charge in [0.25, 0.3) is 0 Å². The Labute approximate surface area is 121 Å². The largest absolute Gasteiger partial charge is 0.462 e. The van der Waals surface area contributed by atoms with Crippen molar-refractivity contribution in [2.75, 3.05) is 19.7 Å². The molecule has 1 aromatic rings. The Morgan fingerprint density at radius 1 is 1.30 bits per heavy atom. The molecular weight excluding hydrogens is 250 g/mol. The van der Waals surface area contributed by atoms with Crippen LogP contribution in [-0.4, -0.2) is 36.6 Å². The van der Waals surface area contributed by atoms with Crippen molar-refractivity contribution in [2.24, 2.45) is 0 Å². The summed E-state index contributed by atoms with van der Waals surface area (Å²) in [6, 6.07) is 9.81. The Kier molecular flexibility index (Phi) is 6.06. The van der Waals surface area contributed by atoms with Gasteiger partial charge in [-0.25, -0.2) is 4.79 Å². The summed E-state index contributed by atoms with van der Waals surface area (Å²) in [4.78, 5) is 14.4. The molecule has 0 amide bonds. The van der Waals surface area contributed by atoms with Gasteiger partial charge in [-0.05, 0) is 50.9 Å². The van der Waals surface area contributed by atoms with E-state index < -0.39 is 0 Å². The highest BCUT2D eigenvalue weighted by molar-refractivity contribution is 5.89. The van der Waals surface area contributed by atoms with Gasteiger partial charge in [-0.2, -0.15) is 0 Å². The standard InChI is InChI=1S/C17H25NO2/c1-2-12-18-13-7-6-10-16(18)11-14-20-17(19)15-8-4-3-5-9-15/h3-5,8-9,16H,2,6-7,10-14H2,1H3. The Balaban J connectivity index is 1.75. The molecule has 0 spiro atoms. The van der Waals surface area contributed by atoms with Crippen LogP contribution >= 0.6 is 0 Å². The van der Waals surface area contributed by atoms with Crippen LogP contribution in [0, 0.1) is 0 Å². The number of piperidine rings is 1. The van der Waals surface area contributed by atoms with Gasteiger partial charge in [-0.1, -0.05) is 31.5 Å². The van der Waals surface area contributed by atoms with Crippen LogP contribution in [0.25, 0.3) is 0 Å². The predicted octanol–water partition coefficient (Wildman–Crippen LogP) is 3.50. The molecule has 0 aromatic heterocycles. The van der Waals surface area contributed by atoms with Crippen LogP contribution in [-0.2, 0) is 4.74 Å². The second-order valence-corrected chi connectivity index (χ2v) is 5.48. The molecule has 3 nitrogen and oxygen atoms in total. The number of carbonyl (C=O) groups is 1. The summed E-state index contributed by atoms with van der Waals surface area (Å²) in [5.74, 6) is -0.205. The van der Waals surface area contributed by atoms with E-state index in [1.54, 1.807) is 12.1 Å². The molecule has 1 heterocycles. The number of hydrogen-bond acceptors (Lipinski definition) is 3. The minimum Gasteiger partial charge on any atom is -0.462 e. The molecule has 20 heavy (non-hydrogen) atoms. The molecule has 1 aliphatic rings. The van der Waals surface area contributed by atoms with Crippen LogP contribution in [0.3, 0.4) is 0 Å². The summed E-state index contributed by atoms with van der Waals surface area (Å²) >= 11 is 0. The second kappa shape index (κ2) is 8.05. The molecule has 1 aromatic carbocycles. The first kappa shape index (κ1) is 15.0. The summed E-state index contributed by atoms with van der Waals surface area (Å²) in [6.07, 6.45) is 6.00. The van der Waals surface area contributed by atoms with Crippen molar-refractivity contribution in [3.8, 4) is 0 Å². The Bertz CT molecular complexity index is 403. The van der Waals surface area contributed by atoms with E-state index in [1.165, 1.54) is 32.2 Å². The van der Waals surface area contributed by atoms with E-state index in [0.29, 0.717) is 18.2 Å². The van der Waals surface area contributed by atoms with Gasteiger partial charge in [0.2, 0.25) is 0 Å². The number of benzene rings is 1. The van der Waals surface area contributed by atoms with E-state index in [1.807, 2.05) is 18.2 Å². The molecule has 110 valence electrons. The lowest BCUT2D eigenvalue weighted by atomic mass is 9.99. The van der Waals surface area contributed by atoms with Crippen molar-refractivity contribution in [2.45, 2.75) is 45.1 Å². The topological polar surface area (TPSA) is 29.5 Å². The third kappa shape index (κ3) is 4.34. The number of hydrogen-bond donors (Lipinski definition) is 0. The average molecular weight is 275 g/mol. The van der Waals surface area contributed by atoms with Crippen molar-refractivity contribution in [3.63, 3.8) is 0 Å². The van der Waals surface area contributed by atoms with E-state index in [9.17, 15) is 4.79 Å². The average Bonchev–Trinajstić information content (AvgIpc) is 2.50. The van der Waals surface area contributed by atoms with Crippen LogP contribution in [0.5, 0.6) is 0 Å². The van der Waals surface area contributed by atoms with Crippen molar-refractivity contribution in [1.82, 2.24) is 4.90 Å². The van der Waals surface area contributed by atoms with Gasteiger partial charge in [-0.15, -0.1) is 0 Å². The quantitative estimate of drug-likeness (QED) is 0.744. The molecule has 1 saturated heterocycles. The Morgan fingerprint density at radius 2 is 2.10 bits per heavy atom. The van der Waals surface area contributed by atoms with Crippen LogP contribution < -0.4 is 0 Å². The maximum absolute atomic E-state index is 11.9. The van der Waals surface area contributed by atoms with E-state index in [4.69, 9.17) is 4.74 Å². The molecule has 0 radical (unpaired) electrons. The first-order valence-electron chi connectivity index (χ1n) is 7.77. The SMILES string of the molecule is CCCN1CCCCC1CCOC(=O)c1ccccc1. The third-order valence-electron chi connectivity index (χ3n) is 3.95. The fourth-order valence-electron chi connectivity index (χ4n) is 2.91. The Morgan fingerprint density at radius 3 is 2.85 bits per heavy atom. The fourth-order valence-corrected chi connectivity index (χ4v) is 2.91. The summed E-state index contributed by atoms with van der Waals surface area (Å²) < 4.78 is 5.39. The number of ether oxygens (including phenoxy) is 1. The van der Waals surface area contributed by atoms with Gasteiger partial charge >= 0.3 is 5.97 Å². The lowest BCUT2D eigenvalue weighted by molar-refractivity contribution is 0.0433. The van der Waals surface area contributed by atoms with Crippen molar-refractivity contribution >= 4 is 5.97 Å². The molecule has 3 heteroatoms. The zero-order valence-electron chi connectivity index (χ0n) is 12.4. The highest BCUT2D eigenvalue weighted by Crippen LogP contribution is 2.20. The highest BCUT2D eigenvalue weighted by atomic mass is 16.5. The van der Waals surface area contributed by atoms with E-state index in [0.717, 1.165) is 13.0 Å². The lowest BCUT2D eigenvalue weighted by Gasteiger charge is -2.35. The number of esters is 1. The van der Waals surface area contributed by atoms with E-state index >= 15 is 0 Å². The van der Waals surface area contributed by atoms with Gasteiger partial charge in [0, 0.05) is 6.04 Å². The maximum Gasteiger partial charge on any atom is 0.338 e. The molecule has 0 saturated carbocycles. The summed E-state index contributed by atoms with van der Waals surface area (Å²) in [7, 11) is 0. The van der Waals surface area contributed by atoms with E-state index in [-0.39, 0.29) is 5.97 Å². The van der Waals surface area contributed by atoms with Crippen LogP contribution in [0.15, 0.2) is 30.3 Å². The molecule has 1 fully saturated rings. The van der Waals surface area contributed by atoms with Gasteiger partial charge in [-0.3, -0.25) is 0 Å². The highest BCUT2D eigenvalue weighted by Gasteiger charge is 2.21. The normalized spacial score (nSPS) is 19.8. The van der Waals surface area contributed by atoms with Crippen molar-refractivity contribution in [1.29, 1.82) is 0 Å². The number of nitrogens with zero attached hydrogens (tertiary/aromatic N) is 1. The number of rotatable bonds is 6. The van der Waals surface area contributed by atoms with Crippen LogP contribution in [0.4, 0.5) is 0 Å². The van der Waals surface area contributed by atoms with Crippen LogP contribution in [0.2, 0.25) is 0 Å². The first-order valence-corrected chi connectivity index (χ1v) is 7.77. The first-order chi connectivity index (χ1) is 9.81. The van der Waals surface area contributed by atoms with Gasteiger partial charge in [0.15, 0.2) is 0 Å². The minimum atomic E-state index is -0.205. The van der Waals surface area contributed by atoms with Gasteiger partial charge < -0.3 is 9.64 Å². The monoisotopic (exact) mass is 275 g/mol. The smallest absolute Gasteiger partial charge is 0.338 e. The zero-order valence-corrected chi connectivity index (χ0v) is 12.4. The summed E-state index contributed by atoms with van der Waals surface area (Å²) in [5.41, 5.74) is 0.640. The molecule has 0 aliphatic carbocycles. The van der Waals surface area contributed by atoms with E-state index in [2.05, 4.69) is 11.8 Å². The predicted molar refractivity (Wildman–Crippen MR) is 80.8 cm³/mol. The number of likely N-dealkylation sites (tertiary alicyclic amines) is 1. The molecule has 0 bridgehead atoms. The Hall–Kier alpha value is -1.35.